The monoisotopic (exact) mass is 237 g/mol. The molecule has 0 saturated carbocycles. The number of hydrogen-bond acceptors (Lipinski definition) is 4. The van der Waals surface area contributed by atoms with Crippen molar-refractivity contribution in [3.8, 4) is 0 Å². The van der Waals surface area contributed by atoms with Crippen molar-refractivity contribution >= 4 is 11.3 Å². The van der Waals surface area contributed by atoms with Gasteiger partial charge in [-0.2, -0.15) is 0 Å². The van der Waals surface area contributed by atoms with E-state index in [1.807, 2.05) is 11.6 Å². The highest BCUT2D eigenvalue weighted by Crippen LogP contribution is 2.16. The number of thiazole rings is 1. The van der Waals surface area contributed by atoms with E-state index in [1.54, 1.807) is 16.9 Å². The lowest BCUT2D eigenvalue weighted by Gasteiger charge is -2.22. The van der Waals surface area contributed by atoms with Gasteiger partial charge in [0, 0.05) is 43.7 Å². The van der Waals surface area contributed by atoms with Gasteiger partial charge in [0.1, 0.15) is 0 Å². The smallest absolute Gasteiger partial charge is 0.0965 e. The second-order valence-corrected chi connectivity index (χ2v) is 5.32. The molecule has 0 radical (unpaired) electrons. The number of aromatic nitrogens is 1. The molecule has 1 fully saturated rings. The van der Waals surface area contributed by atoms with E-state index in [2.05, 4.69) is 29.5 Å². The summed E-state index contributed by atoms with van der Waals surface area (Å²) in [5.74, 6) is 0.511. The first-order chi connectivity index (χ1) is 7.77. The van der Waals surface area contributed by atoms with E-state index in [9.17, 15) is 0 Å². The first kappa shape index (κ1) is 11.8. The van der Waals surface area contributed by atoms with Gasteiger partial charge >= 0.3 is 0 Å². The zero-order valence-corrected chi connectivity index (χ0v) is 10.7. The molecule has 1 aromatic rings. The Labute approximate surface area is 101 Å². The first-order valence-electron chi connectivity index (χ1n) is 5.75. The van der Waals surface area contributed by atoms with Gasteiger partial charge in [0.05, 0.1) is 5.01 Å². The first-order valence-corrected chi connectivity index (χ1v) is 6.63. The number of rotatable bonds is 5. The summed E-state index contributed by atoms with van der Waals surface area (Å²) in [5, 5.41) is 10.0. The van der Waals surface area contributed by atoms with Crippen molar-refractivity contribution in [3.63, 3.8) is 0 Å². The van der Waals surface area contributed by atoms with Crippen molar-refractivity contribution in [1.29, 1.82) is 0 Å². The van der Waals surface area contributed by atoms with Crippen LogP contribution in [0.4, 0.5) is 0 Å². The van der Waals surface area contributed by atoms with E-state index in [0.717, 1.165) is 26.2 Å². The quantitative estimate of drug-likeness (QED) is 0.766. The molecule has 2 rings (SSSR count). The Balaban J connectivity index is 1.72. The minimum absolute atomic E-state index is 0.511. The molecule has 2 N–H and O–H groups in total. The van der Waals surface area contributed by atoms with Crippen molar-refractivity contribution in [2.24, 2.45) is 0 Å². The summed E-state index contributed by atoms with van der Waals surface area (Å²) in [7, 11) is 0. The maximum absolute atomic E-state index is 4.33. The third-order valence-electron chi connectivity index (χ3n) is 2.99. The van der Waals surface area contributed by atoms with Crippen LogP contribution in [0.5, 0.6) is 0 Å². The van der Waals surface area contributed by atoms with Gasteiger partial charge in [-0.05, 0) is 12.5 Å². The molecular weight excluding hydrogens is 218 g/mol. The fourth-order valence-corrected chi connectivity index (χ4v) is 2.42. The molecule has 0 aromatic carbocycles. The Morgan fingerprint density at radius 1 is 1.62 bits per heavy atom. The van der Waals surface area contributed by atoms with Gasteiger partial charge in [0.2, 0.25) is 0 Å². The molecule has 1 saturated heterocycles. The van der Waals surface area contributed by atoms with Crippen LogP contribution >= 0.6 is 11.3 Å². The van der Waals surface area contributed by atoms with E-state index < -0.39 is 0 Å². The summed E-state index contributed by atoms with van der Waals surface area (Å²) in [6.45, 7) is 8.61. The van der Waals surface area contributed by atoms with Crippen LogP contribution in [-0.4, -0.2) is 31.2 Å². The Morgan fingerprint density at radius 3 is 3.00 bits per heavy atom. The largest absolute Gasteiger partial charge is 0.312 e. The molecule has 1 aliphatic heterocycles. The van der Waals surface area contributed by atoms with E-state index in [1.165, 1.54) is 10.6 Å². The zero-order valence-electron chi connectivity index (χ0n) is 9.92. The Hall–Kier alpha value is -0.710. The molecule has 0 amide bonds. The molecule has 3 nitrogen and oxygen atoms in total. The Kier molecular flexibility index (Phi) is 4.09. The highest BCUT2D eigenvalue weighted by molar-refractivity contribution is 7.09. The van der Waals surface area contributed by atoms with E-state index in [0.29, 0.717) is 5.92 Å². The summed E-state index contributed by atoms with van der Waals surface area (Å²) >= 11 is 1.74. The molecule has 16 heavy (non-hydrogen) atoms. The minimum atomic E-state index is 0.511. The highest BCUT2D eigenvalue weighted by Gasteiger charge is 2.11. The summed E-state index contributed by atoms with van der Waals surface area (Å²) in [6, 6.07) is 0. The van der Waals surface area contributed by atoms with Crippen LogP contribution < -0.4 is 10.6 Å². The second-order valence-electron chi connectivity index (χ2n) is 4.39. The number of nitrogens with one attached hydrogen (secondary N) is 2. The van der Waals surface area contributed by atoms with Gasteiger partial charge in [0.15, 0.2) is 0 Å². The molecule has 1 unspecified atom stereocenters. The molecule has 0 bridgehead atoms. The topological polar surface area (TPSA) is 37.0 Å². The fraction of sp³-hybridized carbons (Fsp3) is 0.583. The fourth-order valence-electron chi connectivity index (χ4n) is 1.72. The second kappa shape index (κ2) is 5.57. The Bertz CT molecular complexity index is 350. The van der Waals surface area contributed by atoms with E-state index in [-0.39, 0.29) is 0 Å². The molecule has 2 heterocycles. The highest BCUT2D eigenvalue weighted by atomic mass is 32.1. The molecular formula is C12H19N3S. The standard InChI is InChI=1S/C12H19N3S/c1-9(11-7-14-8-11)5-13-6-10(2)12-15-3-4-16-12/h3-4,10,13-14H,5-8H2,1-2H3. The maximum Gasteiger partial charge on any atom is 0.0965 e. The van der Waals surface area contributed by atoms with Crippen LogP contribution in [0.1, 0.15) is 24.8 Å². The third kappa shape index (κ3) is 2.90. The van der Waals surface area contributed by atoms with E-state index in [4.69, 9.17) is 0 Å². The minimum Gasteiger partial charge on any atom is -0.312 e. The molecule has 1 aromatic heterocycles. The number of hydrogen-bond donors (Lipinski definition) is 2. The van der Waals surface area contributed by atoms with Crippen molar-refractivity contribution < 1.29 is 0 Å². The van der Waals surface area contributed by atoms with Crippen LogP contribution in [0.15, 0.2) is 22.7 Å². The third-order valence-corrected chi connectivity index (χ3v) is 4.00. The molecule has 0 spiro atoms. The van der Waals surface area contributed by atoms with Gasteiger partial charge in [-0.1, -0.05) is 12.5 Å². The zero-order chi connectivity index (χ0) is 11.4. The average Bonchev–Trinajstić information content (AvgIpc) is 2.67. The predicted octanol–water partition coefficient (Wildman–Crippen LogP) is 1.76. The lowest BCUT2D eigenvalue weighted by Crippen LogP contribution is -2.36. The maximum atomic E-state index is 4.33. The SMILES string of the molecule is CC(CNCC(C)c1nccs1)=C1CNC1. The van der Waals surface area contributed by atoms with Crippen LogP contribution in [0.2, 0.25) is 0 Å². The Morgan fingerprint density at radius 2 is 2.44 bits per heavy atom. The van der Waals surface area contributed by atoms with Crippen LogP contribution in [0.3, 0.4) is 0 Å². The molecule has 1 aliphatic rings. The summed E-state index contributed by atoms with van der Waals surface area (Å²) in [4.78, 5) is 4.33. The van der Waals surface area contributed by atoms with Crippen molar-refractivity contribution in [1.82, 2.24) is 15.6 Å². The van der Waals surface area contributed by atoms with Gasteiger partial charge in [-0.15, -0.1) is 11.3 Å². The molecule has 4 heteroatoms. The van der Waals surface area contributed by atoms with Gasteiger partial charge in [0.25, 0.3) is 0 Å². The van der Waals surface area contributed by atoms with Crippen LogP contribution in [-0.2, 0) is 0 Å². The predicted molar refractivity (Wildman–Crippen MR) is 69.0 cm³/mol. The lowest BCUT2D eigenvalue weighted by molar-refractivity contribution is 0.615. The van der Waals surface area contributed by atoms with Gasteiger partial charge < -0.3 is 10.6 Å². The van der Waals surface area contributed by atoms with Gasteiger partial charge in [-0.25, -0.2) is 4.98 Å². The normalized spacial score (nSPS) is 17.0. The number of nitrogens with zero attached hydrogens (tertiary/aromatic N) is 1. The van der Waals surface area contributed by atoms with Gasteiger partial charge in [-0.3, -0.25) is 0 Å². The van der Waals surface area contributed by atoms with Crippen molar-refractivity contribution in [2.45, 2.75) is 19.8 Å². The van der Waals surface area contributed by atoms with Crippen LogP contribution in [0.25, 0.3) is 0 Å². The van der Waals surface area contributed by atoms with E-state index >= 15 is 0 Å². The molecule has 1 atom stereocenters. The summed E-state index contributed by atoms with van der Waals surface area (Å²) in [5.41, 5.74) is 3.06. The summed E-state index contributed by atoms with van der Waals surface area (Å²) < 4.78 is 0. The molecule has 88 valence electrons. The van der Waals surface area contributed by atoms with Crippen molar-refractivity contribution in [2.75, 3.05) is 26.2 Å². The lowest BCUT2D eigenvalue weighted by atomic mass is 10.0. The van der Waals surface area contributed by atoms with Crippen molar-refractivity contribution in [3.05, 3.63) is 27.7 Å². The summed E-state index contributed by atoms with van der Waals surface area (Å²) in [6.07, 6.45) is 1.88. The molecule has 0 aliphatic carbocycles. The average molecular weight is 237 g/mol. The van der Waals surface area contributed by atoms with Crippen LogP contribution in [0, 0.1) is 0 Å².